The van der Waals surface area contributed by atoms with E-state index in [2.05, 4.69) is 47.8 Å². The molecule has 0 heterocycles. The second-order valence-corrected chi connectivity index (χ2v) is 7.52. The molecule has 0 amide bonds. The lowest BCUT2D eigenvalue weighted by molar-refractivity contribution is 0.0214. The SMILES string of the molecule is CC(C)(C)C(O)COc1c(Br)cc(Br)cc1Br. The Labute approximate surface area is 127 Å². The van der Waals surface area contributed by atoms with E-state index in [4.69, 9.17) is 4.74 Å². The predicted molar refractivity (Wildman–Crippen MR) is 80.5 cm³/mol. The molecule has 0 spiro atoms. The zero-order valence-corrected chi connectivity index (χ0v) is 14.7. The third-order valence-corrected chi connectivity index (χ3v) is 3.98. The minimum absolute atomic E-state index is 0.186. The number of aliphatic hydroxyl groups is 1. The first kappa shape index (κ1) is 15.5. The molecule has 0 saturated carbocycles. The average Bonchev–Trinajstić information content (AvgIpc) is 2.13. The molecule has 1 atom stereocenters. The van der Waals surface area contributed by atoms with Crippen LogP contribution in [0.25, 0.3) is 0 Å². The van der Waals surface area contributed by atoms with Gasteiger partial charge in [-0.25, -0.2) is 0 Å². The van der Waals surface area contributed by atoms with Gasteiger partial charge in [0.1, 0.15) is 12.4 Å². The summed E-state index contributed by atoms with van der Waals surface area (Å²) in [5, 5.41) is 9.92. The highest BCUT2D eigenvalue weighted by Gasteiger charge is 2.23. The first-order chi connectivity index (χ1) is 7.71. The van der Waals surface area contributed by atoms with Crippen LogP contribution in [0, 0.1) is 5.41 Å². The molecule has 2 nitrogen and oxygen atoms in total. The topological polar surface area (TPSA) is 29.5 Å². The first-order valence-electron chi connectivity index (χ1n) is 5.17. The Kier molecular flexibility index (Phi) is 5.50. The van der Waals surface area contributed by atoms with Crippen LogP contribution in [0.5, 0.6) is 5.75 Å². The average molecular weight is 431 g/mol. The third kappa shape index (κ3) is 4.54. The van der Waals surface area contributed by atoms with Crippen molar-refractivity contribution < 1.29 is 9.84 Å². The number of ether oxygens (including phenoxy) is 1. The molecule has 0 aliphatic heterocycles. The van der Waals surface area contributed by atoms with E-state index in [0.717, 1.165) is 13.4 Å². The van der Waals surface area contributed by atoms with E-state index in [1.165, 1.54) is 0 Å². The van der Waals surface area contributed by atoms with Crippen LogP contribution in [0.2, 0.25) is 0 Å². The molecule has 0 saturated heterocycles. The Hall–Kier alpha value is 0.420. The summed E-state index contributed by atoms with van der Waals surface area (Å²) in [6, 6.07) is 3.81. The number of hydrogen-bond donors (Lipinski definition) is 1. The Bertz CT molecular complexity index is 376. The number of benzene rings is 1. The highest BCUT2D eigenvalue weighted by molar-refractivity contribution is 9.11. The number of halogens is 3. The summed E-state index contributed by atoms with van der Waals surface area (Å²) in [4.78, 5) is 0. The lowest BCUT2D eigenvalue weighted by atomic mass is 9.90. The molecule has 1 N–H and O–H groups in total. The highest BCUT2D eigenvalue weighted by atomic mass is 79.9. The van der Waals surface area contributed by atoms with Gasteiger partial charge in [-0.1, -0.05) is 36.7 Å². The Morgan fingerprint density at radius 2 is 1.65 bits per heavy atom. The van der Waals surface area contributed by atoms with Crippen molar-refractivity contribution in [3.8, 4) is 5.75 Å². The summed E-state index contributed by atoms with van der Waals surface area (Å²) in [6.45, 7) is 6.20. The van der Waals surface area contributed by atoms with Gasteiger partial charge >= 0.3 is 0 Å². The van der Waals surface area contributed by atoms with Crippen molar-refractivity contribution in [2.75, 3.05) is 6.61 Å². The fraction of sp³-hybridized carbons (Fsp3) is 0.500. The van der Waals surface area contributed by atoms with Crippen LogP contribution < -0.4 is 4.74 Å². The minimum Gasteiger partial charge on any atom is -0.488 e. The molecule has 0 aliphatic carbocycles. The predicted octanol–water partition coefficient (Wildman–Crippen LogP) is 4.76. The van der Waals surface area contributed by atoms with Gasteiger partial charge < -0.3 is 9.84 Å². The van der Waals surface area contributed by atoms with E-state index in [9.17, 15) is 5.11 Å². The van der Waals surface area contributed by atoms with Crippen LogP contribution in [0.4, 0.5) is 0 Å². The van der Waals surface area contributed by atoms with Crippen LogP contribution in [0.1, 0.15) is 20.8 Å². The Morgan fingerprint density at radius 1 is 1.18 bits per heavy atom. The molecule has 1 rings (SSSR count). The second kappa shape index (κ2) is 6.04. The molecule has 0 radical (unpaired) electrons. The van der Waals surface area contributed by atoms with E-state index in [1.807, 2.05) is 32.9 Å². The molecule has 0 fully saturated rings. The van der Waals surface area contributed by atoms with E-state index in [1.54, 1.807) is 0 Å². The standard InChI is InChI=1S/C12H15Br3O2/c1-12(2,3)10(16)6-17-11-8(14)4-7(13)5-9(11)15/h4-5,10,16H,6H2,1-3H3. The van der Waals surface area contributed by atoms with Crippen molar-refractivity contribution in [3.05, 3.63) is 25.6 Å². The summed E-state index contributed by atoms with van der Waals surface area (Å²) in [5.74, 6) is 0.705. The zero-order chi connectivity index (χ0) is 13.2. The van der Waals surface area contributed by atoms with Gasteiger partial charge in [-0.3, -0.25) is 0 Å². The molecule has 0 aromatic heterocycles. The number of hydrogen-bond acceptors (Lipinski definition) is 2. The van der Waals surface area contributed by atoms with Gasteiger partial charge in [0.15, 0.2) is 0 Å². The molecule has 1 aromatic carbocycles. The largest absolute Gasteiger partial charge is 0.488 e. The van der Waals surface area contributed by atoms with Crippen LogP contribution in [0.3, 0.4) is 0 Å². The maximum absolute atomic E-state index is 9.92. The van der Waals surface area contributed by atoms with E-state index < -0.39 is 6.10 Å². The van der Waals surface area contributed by atoms with Gasteiger partial charge in [0.2, 0.25) is 0 Å². The van der Waals surface area contributed by atoms with Crippen molar-refractivity contribution in [2.45, 2.75) is 26.9 Å². The molecule has 5 heteroatoms. The van der Waals surface area contributed by atoms with Crippen LogP contribution in [-0.4, -0.2) is 17.8 Å². The molecular formula is C12H15Br3O2. The van der Waals surface area contributed by atoms with Crippen molar-refractivity contribution >= 4 is 47.8 Å². The monoisotopic (exact) mass is 428 g/mol. The molecule has 0 aliphatic rings. The molecule has 1 aromatic rings. The fourth-order valence-electron chi connectivity index (χ4n) is 1.08. The van der Waals surface area contributed by atoms with Gasteiger partial charge in [0.05, 0.1) is 15.0 Å². The van der Waals surface area contributed by atoms with Gasteiger partial charge in [-0.2, -0.15) is 0 Å². The van der Waals surface area contributed by atoms with Gasteiger partial charge in [0.25, 0.3) is 0 Å². The zero-order valence-electron chi connectivity index (χ0n) is 9.93. The first-order valence-corrected chi connectivity index (χ1v) is 7.55. The normalized spacial score (nSPS) is 13.6. The molecule has 1 unspecified atom stereocenters. The summed E-state index contributed by atoms with van der Waals surface area (Å²) in [5.41, 5.74) is -0.186. The van der Waals surface area contributed by atoms with Crippen molar-refractivity contribution in [1.29, 1.82) is 0 Å². The van der Waals surface area contributed by atoms with Gasteiger partial charge in [-0.05, 0) is 49.4 Å². The fourth-order valence-corrected chi connectivity index (χ4v) is 3.57. The van der Waals surface area contributed by atoms with E-state index in [0.29, 0.717) is 5.75 Å². The Balaban J connectivity index is 2.77. The maximum atomic E-state index is 9.92. The molecule has 96 valence electrons. The highest BCUT2D eigenvalue weighted by Crippen LogP contribution is 2.36. The third-order valence-electron chi connectivity index (χ3n) is 2.35. The second-order valence-electron chi connectivity index (χ2n) is 4.89. The molecular weight excluding hydrogens is 416 g/mol. The lowest BCUT2D eigenvalue weighted by Gasteiger charge is -2.26. The van der Waals surface area contributed by atoms with Crippen molar-refractivity contribution in [3.63, 3.8) is 0 Å². The molecule has 17 heavy (non-hydrogen) atoms. The quantitative estimate of drug-likeness (QED) is 0.749. The molecule has 0 bridgehead atoms. The summed E-state index contributed by atoms with van der Waals surface area (Å²) < 4.78 is 8.30. The summed E-state index contributed by atoms with van der Waals surface area (Å²) in [7, 11) is 0. The van der Waals surface area contributed by atoms with Gasteiger partial charge in [0, 0.05) is 4.47 Å². The maximum Gasteiger partial charge on any atom is 0.147 e. The number of rotatable bonds is 3. The van der Waals surface area contributed by atoms with E-state index in [-0.39, 0.29) is 12.0 Å². The van der Waals surface area contributed by atoms with Crippen LogP contribution in [0.15, 0.2) is 25.6 Å². The number of aliphatic hydroxyl groups excluding tert-OH is 1. The van der Waals surface area contributed by atoms with E-state index >= 15 is 0 Å². The summed E-state index contributed by atoms with van der Waals surface area (Å²) >= 11 is 10.3. The smallest absolute Gasteiger partial charge is 0.147 e. The summed E-state index contributed by atoms with van der Waals surface area (Å²) in [6.07, 6.45) is -0.509. The van der Waals surface area contributed by atoms with Crippen molar-refractivity contribution in [2.24, 2.45) is 5.41 Å². The Morgan fingerprint density at radius 3 is 2.06 bits per heavy atom. The minimum atomic E-state index is -0.509. The lowest BCUT2D eigenvalue weighted by Crippen LogP contribution is -2.32. The van der Waals surface area contributed by atoms with Crippen LogP contribution in [-0.2, 0) is 0 Å². The van der Waals surface area contributed by atoms with Crippen LogP contribution >= 0.6 is 47.8 Å². The van der Waals surface area contributed by atoms with Gasteiger partial charge in [-0.15, -0.1) is 0 Å². The van der Waals surface area contributed by atoms with Crippen molar-refractivity contribution in [1.82, 2.24) is 0 Å².